The Labute approximate surface area is 252 Å². The predicted octanol–water partition coefficient (Wildman–Crippen LogP) is 6.28. The first-order valence-electron chi connectivity index (χ1n) is 13.7. The number of amides is 2. The van der Waals surface area contributed by atoms with E-state index in [0.29, 0.717) is 21.3 Å². The lowest BCUT2D eigenvalue weighted by Crippen LogP contribution is -2.52. The van der Waals surface area contributed by atoms with Crippen molar-refractivity contribution in [2.75, 3.05) is 10.8 Å². The number of carbonyl (C=O) groups is 2. The molecule has 0 heterocycles. The molecule has 0 bridgehead atoms. The van der Waals surface area contributed by atoms with Gasteiger partial charge < -0.3 is 10.2 Å². The maximum Gasteiger partial charge on any atom is 0.264 e. The molecule has 0 unspecified atom stereocenters. The highest BCUT2D eigenvalue weighted by molar-refractivity contribution is 7.92. The minimum absolute atomic E-state index is 0.00222. The molecule has 1 atom stereocenters. The zero-order valence-electron chi connectivity index (χ0n) is 23.4. The van der Waals surface area contributed by atoms with Crippen LogP contribution in [-0.2, 0) is 26.2 Å². The molecule has 2 amide bonds. The van der Waals surface area contributed by atoms with Gasteiger partial charge in [0, 0.05) is 22.6 Å². The van der Waals surface area contributed by atoms with Gasteiger partial charge in [-0.2, -0.15) is 0 Å². The minimum atomic E-state index is -4.17. The minimum Gasteiger partial charge on any atom is -0.352 e. The first kappa shape index (κ1) is 30.9. The van der Waals surface area contributed by atoms with Crippen LogP contribution in [0.15, 0.2) is 71.6 Å². The fraction of sp³-hybridized carbons (Fsp3) is 0.355. The third-order valence-corrected chi connectivity index (χ3v) is 10.0. The molecule has 4 rings (SSSR count). The molecule has 1 aliphatic carbocycles. The Kier molecular flexibility index (Phi) is 10.00. The average molecular weight is 617 g/mol. The van der Waals surface area contributed by atoms with Crippen LogP contribution >= 0.6 is 23.2 Å². The zero-order valence-corrected chi connectivity index (χ0v) is 25.8. The molecule has 1 saturated carbocycles. The third kappa shape index (κ3) is 7.42. The van der Waals surface area contributed by atoms with E-state index in [1.54, 1.807) is 43.3 Å². The van der Waals surface area contributed by atoms with E-state index < -0.39 is 28.5 Å². The van der Waals surface area contributed by atoms with Gasteiger partial charge in [0.15, 0.2) is 0 Å². The van der Waals surface area contributed by atoms with Crippen molar-refractivity contribution in [2.24, 2.45) is 0 Å². The van der Waals surface area contributed by atoms with Crippen LogP contribution < -0.4 is 9.62 Å². The number of hydrogen-bond acceptors (Lipinski definition) is 4. The van der Waals surface area contributed by atoms with Crippen molar-refractivity contribution in [3.8, 4) is 0 Å². The molecule has 1 fully saturated rings. The average Bonchev–Trinajstić information content (AvgIpc) is 3.45. The lowest BCUT2D eigenvalue weighted by Gasteiger charge is -2.32. The van der Waals surface area contributed by atoms with Crippen molar-refractivity contribution < 1.29 is 18.0 Å². The van der Waals surface area contributed by atoms with Gasteiger partial charge in [0.1, 0.15) is 12.6 Å². The van der Waals surface area contributed by atoms with Crippen LogP contribution in [0, 0.1) is 13.8 Å². The topological polar surface area (TPSA) is 86.8 Å². The Balaban J connectivity index is 1.71. The molecule has 0 aromatic heterocycles. The summed E-state index contributed by atoms with van der Waals surface area (Å²) < 4.78 is 29.0. The second-order valence-corrected chi connectivity index (χ2v) is 13.2. The van der Waals surface area contributed by atoms with E-state index in [9.17, 15) is 18.0 Å². The summed E-state index contributed by atoms with van der Waals surface area (Å²) in [7, 11) is -4.17. The van der Waals surface area contributed by atoms with Crippen LogP contribution in [0.3, 0.4) is 0 Å². The molecule has 3 aromatic rings. The van der Waals surface area contributed by atoms with Gasteiger partial charge >= 0.3 is 0 Å². The fourth-order valence-corrected chi connectivity index (χ4v) is 6.66. The summed E-state index contributed by atoms with van der Waals surface area (Å²) in [5, 5.41) is 3.91. The molecule has 10 heteroatoms. The van der Waals surface area contributed by atoms with Crippen molar-refractivity contribution in [1.29, 1.82) is 0 Å². The van der Waals surface area contributed by atoms with E-state index in [1.807, 2.05) is 19.9 Å². The summed E-state index contributed by atoms with van der Waals surface area (Å²) in [6, 6.07) is 17.4. The molecular formula is C31H35Cl2N3O4S. The van der Waals surface area contributed by atoms with E-state index >= 15 is 0 Å². The van der Waals surface area contributed by atoms with Gasteiger partial charge in [-0.25, -0.2) is 8.42 Å². The molecule has 3 aromatic carbocycles. The van der Waals surface area contributed by atoms with Crippen LogP contribution in [0.25, 0.3) is 0 Å². The first-order valence-corrected chi connectivity index (χ1v) is 15.9. The second kappa shape index (κ2) is 13.3. The van der Waals surface area contributed by atoms with Crippen LogP contribution in [-0.4, -0.2) is 43.8 Å². The summed E-state index contributed by atoms with van der Waals surface area (Å²) in [6.07, 6.45) is 3.90. The molecule has 218 valence electrons. The molecule has 0 saturated heterocycles. The number of aryl methyl sites for hydroxylation is 2. The SMILES string of the molecule is Cc1ccc(N(CC(=O)N(Cc2ccccc2Cl)[C@@H](C)C(=O)NC2CCCC2)S(=O)(=O)c2ccc(Cl)cc2)cc1C. The van der Waals surface area contributed by atoms with E-state index in [1.165, 1.54) is 29.2 Å². The van der Waals surface area contributed by atoms with Crippen molar-refractivity contribution in [2.45, 2.75) is 70.0 Å². The number of sulfonamides is 1. The molecule has 0 aliphatic heterocycles. The number of halogens is 2. The number of nitrogens with zero attached hydrogens (tertiary/aromatic N) is 2. The maximum absolute atomic E-state index is 14.1. The second-order valence-electron chi connectivity index (χ2n) is 10.5. The molecule has 7 nitrogen and oxygen atoms in total. The van der Waals surface area contributed by atoms with E-state index in [4.69, 9.17) is 23.2 Å². The zero-order chi connectivity index (χ0) is 29.7. The molecule has 1 N–H and O–H groups in total. The Hall–Kier alpha value is -3.07. The molecule has 41 heavy (non-hydrogen) atoms. The highest BCUT2D eigenvalue weighted by Gasteiger charge is 2.33. The number of anilines is 1. The van der Waals surface area contributed by atoms with Crippen molar-refractivity contribution >= 4 is 50.7 Å². The van der Waals surface area contributed by atoms with Gasteiger partial charge in [-0.1, -0.05) is 60.3 Å². The van der Waals surface area contributed by atoms with Crippen molar-refractivity contribution in [1.82, 2.24) is 10.2 Å². The Morgan fingerprint density at radius 2 is 1.61 bits per heavy atom. The van der Waals surface area contributed by atoms with Crippen molar-refractivity contribution in [3.63, 3.8) is 0 Å². The third-order valence-electron chi connectivity index (χ3n) is 7.63. The highest BCUT2D eigenvalue weighted by Crippen LogP contribution is 2.28. The van der Waals surface area contributed by atoms with E-state index in [-0.39, 0.29) is 23.4 Å². The lowest BCUT2D eigenvalue weighted by molar-refractivity contribution is -0.139. The van der Waals surface area contributed by atoms with Crippen LogP contribution in [0.5, 0.6) is 0 Å². The van der Waals surface area contributed by atoms with Crippen LogP contribution in [0.2, 0.25) is 10.0 Å². The Morgan fingerprint density at radius 1 is 0.951 bits per heavy atom. The van der Waals surface area contributed by atoms with E-state index in [0.717, 1.165) is 41.1 Å². The van der Waals surface area contributed by atoms with Gasteiger partial charge in [-0.15, -0.1) is 0 Å². The van der Waals surface area contributed by atoms with Crippen LogP contribution in [0.4, 0.5) is 5.69 Å². The van der Waals surface area contributed by atoms with Gasteiger partial charge in [0.25, 0.3) is 10.0 Å². The number of hydrogen-bond donors (Lipinski definition) is 1. The number of carbonyl (C=O) groups excluding carboxylic acids is 2. The standard InChI is InChI=1S/C31H35Cl2N3O4S/c1-21-12-15-27(18-22(21)2)36(41(39,40)28-16-13-25(32)14-17-28)20-30(37)35(19-24-8-4-7-11-29(24)33)23(3)31(38)34-26-9-5-6-10-26/h4,7-8,11-18,23,26H,5-6,9-10,19-20H2,1-3H3,(H,34,38)/t23-/m0/s1. The van der Waals surface area contributed by atoms with E-state index in [2.05, 4.69) is 5.32 Å². The fourth-order valence-electron chi connectivity index (χ4n) is 4.93. The molecular weight excluding hydrogens is 581 g/mol. The summed E-state index contributed by atoms with van der Waals surface area (Å²) in [5.74, 6) is -0.814. The number of benzene rings is 3. The molecule has 0 spiro atoms. The van der Waals surface area contributed by atoms with Gasteiger partial charge in [-0.3, -0.25) is 13.9 Å². The lowest BCUT2D eigenvalue weighted by atomic mass is 10.1. The summed E-state index contributed by atoms with van der Waals surface area (Å²) in [5.41, 5.74) is 2.86. The number of rotatable bonds is 10. The summed E-state index contributed by atoms with van der Waals surface area (Å²) in [6.45, 7) is 5.00. The Morgan fingerprint density at radius 3 is 2.24 bits per heavy atom. The molecule has 1 aliphatic rings. The van der Waals surface area contributed by atoms with Gasteiger partial charge in [-0.05, 0) is 92.8 Å². The highest BCUT2D eigenvalue weighted by atomic mass is 35.5. The quantitative estimate of drug-likeness (QED) is 0.291. The van der Waals surface area contributed by atoms with Crippen molar-refractivity contribution in [3.05, 3.63) is 93.5 Å². The Bertz CT molecular complexity index is 1510. The maximum atomic E-state index is 14.1. The van der Waals surface area contributed by atoms with Crippen LogP contribution in [0.1, 0.15) is 49.3 Å². The number of nitrogens with one attached hydrogen (secondary N) is 1. The molecule has 0 radical (unpaired) electrons. The first-order chi connectivity index (χ1) is 19.5. The van der Waals surface area contributed by atoms with Gasteiger partial charge in [0.2, 0.25) is 11.8 Å². The largest absolute Gasteiger partial charge is 0.352 e. The monoisotopic (exact) mass is 615 g/mol. The van der Waals surface area contributed by atoms with Gasteiger partial charge in [0.05, 0.1) is 10.6 Å². The summed E-state index contributed by atoms with van der Waals surface area (Å²) >= 11 is 12.5. The normalized spacial score (nSPS) is 14.5. The smallest absolute Gasteiger partial charge is 0.264 e. The predicted molar refractivity (Wildman–Crippen MR) is 164 cm³/mol. The summed E-state index contributed by atoms with van der Waals surface area (Å²) in [4.78, 5) is 28.8.